The molecule has 1 amide bonds. The van der Waals surface area contributed by atoms with Gasteiger partial charge in [-0.3, -0.25) is 4.79 Å². The fourth-order valence-corrected chi connectivity index (χ4v) is 2.81. The van der Waals surface area contributed by atoms with Crippen LogP contribution in [-0.2, 0) is 0 Å². The number of nitrogens with zero attached hydrogens (tertiary/aromatic N) is 4. The molecule has 1 aliphatic heterocycles. The van der Waals surface area contributed by atoms with Crippen molar-refractivity contribution in [2.75, 3.05) is 42.3 Å². The first-order valence-corrected chi connectivity index (χ1v) is 8.29. The van der Waals surface area contributed by atoms with E-state index in [1.165, 1.54) is 25.6 Å². The molecular weight excluding hydrogens is 302 g/mol. The normalized spacial score (nSPS) is 14.3. The van der Waals surface area contributed by atoms with Gasteiger partial charge in [-0.15, -0.1) is 0 Å². The maximum Gasteiger partial charge on any atom is 0.256 e. The molecule has 1 fully saturated rings. The molecule has 3 rings (SSSR count). The minimum atomic E-state index is -0.163. The van der Waals surface area contributed by atoms with Crippen LogP contribution >= 0.6 is 0 Å². The fourth-order valence-electron chi connectivity index (χ4n) is 2.81. The predicted octanol–water partition coefficient (Wildman–Crippen LogP) is 2.79. The second-order valence-corrected chi connectivity index (χ2v) is 6.20. The average Bonchev–Trinajstić information content (AvgIpc) is 2.63. The standard InChI is InChI=1S/C18H23N5O/c1-22(2)15-8-6-14(7-9-15)18(24)21-16-12-17(20-13-19-16)23-10-4-3-5-11-23/h6-9,12-13H,3-5,10-11H2,1-2H3,(H,19,20,21,24). The lowest BCUT2D eigenvalue weighted by Crippen LogP contribution is -2.30. The lowest BCUT2D eigenvalue weighted by atomic mass is 10.1. The Bertz CT molecular complexity index is 693. The Hall–Kier alpha value is -2.63. The highest BCUT2D eigenvalue weighted by molar-refractivity contribution is 6.04. The molecule has 24 heavy (non-hydrogen) atoms. The van der Waals surface area contributed by atoms with Gasteiger partial charge >= 0.3 is 0 Å². The first-order valence-electron chi connectivity index (χ1n) is 8.29. The Labute approximate surface area is 142 Å². The second-order valence-electron chi connectivity index (χ2n) is 6.20. The highest BCUT2D eigenvalue weighted by Gasteiger charge is 2.14. The summed E-state index contributed by atoms with van der Waals surface area (Å²) in [6.07, 6.45) is 5.15. The SMILES string of the molecule is CN(C)c1ccc(C(=O)Nc2cc(N3CCCCC3)ncn2)cc1. The Balaban J connectivity index is 1.69. The van der Waals surface area contributed by atoms with Crippen LogP contribution in [0.2, 0.25) is 0 Å². The van der Waals surface area contributed by atoms with Gasteiger partial charge in [0.1, 0.15) is 18.0 Å². The van der Waals surface area contributed by atoms with Crippen molar-refractivity contribution in [2.24, 2.45) is 0 Å². The number of nitrogens with one attached hydrogen (secondary N) is 1. The Morgan fingerprint density at radius 3 is 2.46 bits per heavy atom. The van der Waals surface area contributed by atoms with Crippen molar-refractivity contribution in [3.05, 3.63) is 42.2 Å². The topological polar surface area (TPSA) is 61.4 Å². The molecule has 6 nitrogen and oxygen atoms in total. The van der Waals surface area contributed by atoms with Crippen LogP contribution < -0.4 is 15.1 Å². The van der Waals surface area contributed by atoms with Crippen LogP contribution in [0.5, 0.6) is 0 Å². The Kier molecular flexibility index (Phi) is 4.93. The Morgan fingerprint density at radius 2 is 1.79 bits per heavy atom. The molecule has 0 saturated carbocycles. The van der Waals surface area contributed by atoms with E-state index in [0.717, 1.165) is 24.6 Å². The second kappa shape index (κ2) is 7.29. The van der Waals surface area contributed by atoms with E-state index in [1.54, 1.807) is 0 Å². The quantitative estimate of drug-likeness (QED) is 0.936. The summed E-state index contributed by atoms with van der Waals surface area (Å²) < 4.78 is 0. The van der Waals surface area contributed by atoms with Crippen molar-refractivity contribution < 1.29 is 4.79 Å². The van der Waals surface area contributed by atoms with Crippen LogP contribution in [0, 0.1) is 0 Å². The van der Waals surface area contributed by atoms with Gasteiger partial charge < -0.3 is 15.1 Å². The number of hydrogen-bond acceptors (Lipinski definition) is 5. The molecule has 1 N–H and O–H groups in total. The summed E-state index contributed by atoms with van der Waals surface area (Å²) in [5.41, 5.74) is 1.67. The first kappa shape index (κ1) is 16.2. The van der Waals surface area contributed by atoms with Crippen molar-refractivity contribution in [3.8, 4) is 0 Å². The summed E-state index contributed by atoms with van der Waals surface area (Å²) in [5.74, 6) is 1.25. The zero-order valence-corrected chi connectivity index (χ0v) is 14.2. The third-order valence-corrected chi connectivity index (χ3v) is 4.22. The first-order chi connectivity index (χ1) is 11.6. The summed E-state index contributed by atoms with van der Waals surface area (Å²) in [4.78, 5) is 25.1. The van der Waals surface area contributed by atoms with E-state index in [9.17, 15) is 4.79 Å². The van der Waals surface area contributed by atoms with Gasteiger partial charge in [0, 0.05) is 44.5 Å². The zero-order valence-electron chi connectivity index (χ0n) is 14.2. The third-order valence-electron chi connectivity index (χ3n) is 4.22. The number of hydrogen-bond donors (Lipinski definition) is 1. The molecular formula is C18H23N5O. The van der Waals surface area contributed by atoms with Crippen LogP contribution in [0.3, 0.4) is 0 Å². The van der Waals surface area contributed by atoms with Crippen molar-refractivity contribution in [3.63, 3.8) is 0 Å². The Morgan fingerprint density at radius 1 is 1.08 bits per heavy atom. The van der Waals surface area contributed by atoms with Crippen molar-refractivity contribution in [1.29, 1.82) is 0 Å². The fraction of sp³-hybridized carbons (Fsp3) is 0.389. The number of carbonyl (C=O) groups excluding carboxylic acids is 1. The number of piperidine rings is 1. The van der Waals surface area contributed by atoms with Gasteiger partial charge in [0.25, 0.3) is 5.91 Å². The number of benzene rings is 1. The van der Waals surface area contributed by atoms with Gasteiger partial charge in [-0.25, -0.2) is 9.97 Å². The lowest BCUT2D eigenvalue weighted by molar-refractivity contribution is 0.102. The minimum absolute atomic E-state index is 0.163. The van der Waals surface area contributed by atoms with Gasteiger partial charge in [-0.1, -0.05) is 0 Å². The lowest BCUT2D eigenvalue weighted by Gasteiger charge is -2.27. The third kappa shape index (κ3) is 3.82. The molecule has 0 atom stereocenters. The van der Waals surface area contributed by atoms with E-state index in [2.05, 4.69) is 20.2 Å². The molecule has 1 aromatic carbocycles. The molecule has 0 unspecified atom stereocenters. The summed E-state index contributed by atoms with van der Waals surface area (Å²) in [7, 11) is 3.94. The molecule has 0 spiro atoms. The summed E-state index contributed by atoms with van der Waals surface area (Å²) in [6.45, 7) is 2.02. The highest BCUT2D eigenvalue weighted by Crippen LogP contribution is 2.20. The molecule has 1 aromatic heterocycles. The molecule has 0 bridgehead atoms. The van der Waals surface area contributed by atoms with Crippen LogP contribution in [-0.4, -0.2) is 43.1 Å². The molecule has 1 saturated heterocycles. The summed E-state index contributed by atoms with van der Waals surface area (Å²) >= 11 is 0. The van der Waals surface area contributed by atoms with E-state index in [4.69, 9.17) is 0 Å². The monoisotopic (exact) mass is 325 g/mol. The maximum atomic E-state index is 12.4. The van der Waals surface area contributed by atoms with Gasteiger partial charge in [0.2, 0.25) is 0 Å². The molecule has 126 valence electrons. The van der Waals surface area contributed by atoms with Gasteiger partial charge in [-0.2, -0.15) is 0 Å². The summed E-state index contributed by atoms with van der Waals surface area (Å²) in [6, 6.07) is 9.33. The van der Waals surface area contributed by atoms with Crippen LogP contribution in [0.4, 0.5) is 17.3 Å². The van der Waals surface area contributed by atoms with Crippen molar-refractivity contribution >= 4 is 23.2 Å². The average molecular weight is 325 g/mol. The van der Waals surface area contributed by atoms with E-state index < -0.39 is 0 Å². The smallest absolute Gasteiger partial charge is 0.256 e. The van der Waals surface area contributed by atoms with Crippen molar-refractivity contribution in [2.45, 2.75) is 19.3 Å². The molecule has 6 heteroatoms. The zero-order chi connectivity index (χ0) is 16.9. The van der Waals surface area contributed by atoms with E-state index in [0.29, 0.717) is 11.4 Å². The largest absolute Gasteiger partial charge is 0.378 e. The van der Waals surface area contributed by atoms with Crippen LogP contribution in [0.15, 0.2) is 36.7 Å². The molecule has 2 aromatic rings. The van der Waals surface area contributed by atoms with Crippen LogP contribution in [0.1, 0.15) is 29.6 Å². The van der Waals surface area contributed by atoms with E-state index in [1.807, 2.05) is 49.3 Å². The molecule has 0 radical (unpaired) electrons. The van der Waals surface area contributed by atoms with Gasteiger partial charge in [0.05, 0.1) is 0 Å². The van der Waals surface area contributed by atoms with Gasteiger partial charge in [0.15, 0.2) is 0 Å². The molecule has 1 aliphatic rings. The number of rotatable bonds is 4. The van der Waals surface area contributed by atoms with E-state index in [-0.39, 0.29) is 5.91 Å². The minimum Gasteiger partial charge on any atom is -0.378 e. The number of amides is 1. The highest BCUT2D eigenvalue weighted by atomic mass is 16.1. The maximum absolute atomic E-state index is 12.4. The molecule has 2 heterocycles. The number of anilines is 3. The van der Waals surface area contributed by atoms with Crippen LogP contribution in [0.25, 0.3) is 0 Å². The number of aromatic nitrogens is 2. The molecule has 0 aliphatic carbocycles. The predicted molar refractivity (Wildman–Crippen MR) is 96.8 cm³/mol. The van der Waals surface area contributed by atoms with Crippen molar-refractivity contribution in [1.82, 2.24) is 9.97 Å². The van der Waals surface area contributed by atoms with E-state index >= 15 is 0 Å². The summed E-state index contributed by atoms with van der Waals surface area (Å²) in [5, 5.41) is 2.86. The van der Waals surface area contributed by atoms with Gasteiger partial charge in [-0.05, 0) is 43.5 Å². The number of carbonyl (C=O) groups is 1.